The summed E-state index contributed by atoms with van der Waals surface area (Å²) in [5.74, 6) is 0.384. The molecule has 0 aliphatic carbocycles. The predicted molar refractivity (Wildman–Crippen MR) is 44.4 cm³/mol. The van der Waals surface area contributed by atoms with Crippen molar-refractivity contribution < 1.29 is 9.84 Å². The summed E-state index contributed by atoms with van der Waals surface area (Å²) in [5, 5.41) is 9.64. The van der Waals surface area contributed by atoms with Gasteiger partial charge in [0.2, 0.25) is 0 Å². The Kier molecular flexibility index (Phi) is 3.34. The zero-order valence-corrected chi connectivity index (χ0v) is 7.42. The lowest BCUT2D eigenvalue weighted by Gasteiger charge is -2.19. The quantitative estimate of drug-likeness (QED) is 0.675. The maximum Gasteiger partial charge on any atom is 0.0600 e. The Morgan fingerprint density at radius 1 is 1.64 bits per heavy atom. The van der Waals surface area contributed by atoms with Crippen LogP contribution in [0.5, 0.6) is 0 Å². The van der Waals surface area contributed by atoms with Crippen LogP contribution in [0.25, 0.3) is 0 Å². The van der Waals surface area contributed by atoms with Crippen molar-refractivity contribution in [3.63, 3.8) is 0 Å². The van der Waals surface area contributed by atoms with Gasteiger partial charge in [0.05, 0.1) is 12.2 Å². The molecule has 0 radical (unpaired) electrons. The molecule has 1 heterocycles. The Labute approximate surface area is 68.6 Å². The number of ether oxygens (including phenoxy) is 1. The minimum absolute atomic E-state index is 0.141. The zero-order valence-electron chi connectivity index (χ0n) is 7.42. The Hall–Kier alpha value is -0.0800. The zero-order chi connectivity index (χ0) is 8.27. The smallest absolute Gasteiger partial charge is 0.0600 e. The summed E-state index contributed by atoms with van der Waals surface area (Å²) in [4.78, 5) is 0. The van der Waals surface area contributed by atoms with Crippen molar-refractivity contribution in [1.29, 1.82) is 0 Å². The van der Waals surface area contributed by atoms with E-state index in [0.29, 0.717) is 5.92 Å². The molecular formula is C9H18O2. The SMILES string of the molecule is CCCC(O)C1CCOC1C. The van der Waals surface area contributed by atoms with E-state index in [1.165, 1.54) is 0 Å². The number of aliphatic hydroxyl groups excluding tert-OH is 1. The van der Waals surface area contributed by atoms with Crippen molar-refractivity contribution in [3.05, 3.63) is 0 Å². The molecule has 1 rings (SSSR count). The molecule has 3 atom stereocenters. The molecular weight excluding hydrogens is 140 g/mol. The number of rotatable bonds is 3. The van der Waals surface area contributed by atoms with Gasteiger partial charge in [0, 0.05) is 12.5 Å². The highest BCUT2D eigenvalue weighted by Crippen LogP contribution is 2.25. The molecule has 1 aliphatic rings. The lowest BCUT2D eigenvalue weighted by Crippen LogP contribution is -2.25. The van der Waals surface area contributed by atoms with Crippen molar-refractivity contribution in [3.8, 4) is 0 Å². The first-order chi connectivity index (χ1) is 5.25. The summed E-state index contributed by atoms with van der Waals surface area (Å²) in [6.07, 6.45) is 3.12. The number of hydrogen-bond donors (Lipinski definition) is 1. The highest BCUT2D eigenvalue weighted by molar-refractivity contribution is 4.78. The largest absolute Gasteiger partial charge is 0.393 e. The molecule has 11 heavy (non-hydrogen) atoms. The first kappa shape index (κ1) is 9.01. The molecule has 0 spiro atoms. The third-order valence-electron chi connectivity index (χ3n) is 2.51. The molecule has 0 aromatic carbocycles. The second-order valence-corrected chi connectivity index (χ2v) is 3.38. The van der Waals surface area contributed by atoms with Gasteiger partial charge in [-0.05, 0) is 19.8 Å². The van der Waals surface area contributed by atoms with E-state index in [0.717, 1.165) is 25.9 Å². The number of aliphatic hydroxyl groups is 1. The van der Waals surface area contributed by atoms with Gasteiger partial charge in [-0.1, -0.05) is 13.3 Å². The average molecular weight is 158 g/mol. The Bertz CT molecular complexity index is 114. The first-order valence-electron chi connectivity index (χ1n) is 4.55. The topological polar surface area (TPSA) is 29.5 Å². The molecule has 0 aromatic heterocycles. The fourth-order valence-corrected chi connectivity index (χ4v) is 1.76. The van der Waals surface area contributed by atoms with Crippen molar-refractivity contribution in [2.24, 2.45) is 5.92 Å². The van der Waals surface area contributed by atoms with E-state index >= 15 is 0 Å². The van der Waals surface area contributed by atoms with Crippen molar-refractivity contribution in [2.45, 2.75) is 45.3 Å². The van der Waals surface area contributed by atoms with Crippen LogP contribution in [-0.2, 0) is 4.74 Å². The minimum Gasteiger partial charge on any atom is -0.393 e. The Morgan fingerprint density at radius 2 is 2.36 bits per heavy atom. The van der Waals surface area contributed by atoms with Gasteiger partial charge in [0.25, 0.3) is 0 Å². The third-order valence-corrected chi connectivity index (χ3v) is 2.51. The van der Waals surface area contributed by atoms with E-state index in [1.54, 1.807) is 0 Å². The molecule has 66 valence electrons. The fourth-order valence-electron chi connectivity index (χ4n) is 1.76. The molecule has 0 amide bonds. The van der Waals surface area contributed by atoms with Gasteiger partial charge >= 0.3 is 0 Å². The summed E-state index contributed by atoms with van der Waals surface area (Å²) in [6.45, 7) is 4.98. The summed E-state index contributed by atoms with van der Waals surface area (Å²) in [5.41, 5.74) is 0. The predicted octanol–water partition coefficient (Wildman–Crippen LogP) is 1.57. The molecule has 1 fully saturated rings. The molecule has 0 saturated carbocycles. The molecule has 0 aromatic rings. The average Bonchev–Trinajstić information content (AvgIpc) is 2.36. The van der Waals surface area contributed by atoms with E-state index < -0.39 is 0 Å². The van der Waals surface area contributed by atoms with Crippen LogP contribution >= 0.6 is 0 Å². The van der Waals surface area contributed by atoms with Gasteiger partial charge in [-0.3, -0.25) is 0 Å². The van der Waals surface area contributed by atoms with Gasteiger partial charge in [-0.15, -0.1) is 0 Å². The standard InChI is InChI=1S/C9H18O2/c1-3-4-9(10)8-5-6-11-7(8)2/h7-10H,3-6H2,1-2H3. The van der Waals surface area contributed by atoms with Crippen molar-refractivity contribution in [1.82, 2.24) is 0 Å². The van der Waals surface area contributed by atoms with Gasteiger partial charge in [-0.2, -0.15) is 0 Å². The maximum absolute atomic E-state index is 9.64. The second kappa shape index (κ2) is 4.07. The molecule has 0 bridgehead atoms. The van der Waals surface area contributed by atoms with Crippen LogP contribution in [0.3, 0.4) is 0 Å². The first-order valence-corrected chi connectivity index (χ1v) is 4.55. The normalized spacial score (nSPS) is 34.1. The Morgan fingerprint density at radius 3 is 2.82 bits per heavy atom. The molecule has 2 nitrogen and oxygen atoms in total. The maximum atomic E-state index is 9.64. The molecule has 1 N–H and O–H groups in total. The van der Waals surface area contributed by atoms with Gasteiger partial charge in [0.15, 0.2) is 0 Å². The summed E-state index contributed by atoms with van der Waals surface area (Å²) < 4.78 is 5.37. The fraction of sp³-hybridized carbons (Fsp3) is 1.00. The monoisotopic (exact) mass is 158 g/mol. The minimum atomic E-state index is -0.141. The summed E-state index contributed by atoms with van der Waals surface area (Å²) in [7, 11) is 0. The Balaban J connectivity index is 2.33. The highest BCUT2D eigenvalue weighted by Gasteiger charge is 2.29. The lowest BCUT2D eigenvalue weighted by molar-refractivity contribution is 0.0393. The molecule has 3 unspecified atom stereocenters. The van der Waals surface area contributed by atoms with E-state index in [9.17, 15) is 5.11 Å². The van der Waals surface area contributed by atoms with Crippen molar-refractivity contribution in [2.75, 3.05) is 6.61 Å². The second-order valence-electron chi connectivity index (χ2n) is 3.38. The van der Waals surface area contributed by atoms with Gasteiger partial charge < -0.3 is 9.84 Å². The molecule has 1 saturated heterocycles. The molecule has 2 heteroatoms. The highest BCUT2D eigenvalue weighted by atomic mass is 16.5. The molecule has 1 aliphatic heterocycles. The van der Waals surface area contributed by atoms with Crippen LogP contribution in [0.2, 0.25) is 0 Å². The van der Waals surface area contributed by atoms with Crippen LogP contribution in [-0.4, -0.2) is 23.9 Å². The van der Waals surface area contributed by atoms with Crippen LogP contribution < -0.4 is 0 Å². The van der Waals surface area contributed by atoms with Crippen LogP contribution in [0.4, 0.5) is 0 Å². The van der Waals surface area contributed by atoms with Crippen molar-refractivity contribution >= 4 is 0 Å². The van der Waals surface area contributed by atoms with E-state index in [2.05, 4.69) is 13.8 Å². The van der Waals surface area contributed by atoms with Gasteiger partial charge in [0.1, 0.15) is 0 Å². The van der Waals surface area contributed by atoms with E-state index in [1.807, 2.05) is 0 Å². The van der Waals surface area contributed by atoms with E-state index in [-0.39, 0.29) is 12.2 Å². The van der Waals surface area contributed by atoms with Crippen LogP contribution in [0.15, 0.2) is 0 Å². The lowest BCUT2D eigenvalue weighted by atomic mass is 9.93. The summed E-state index contributed by atoms with van der Waals surface area (Å²) >= 11 is 0. The van der Waals surface area contributed by atoms with E-state index in [4.69, 9.17) is 4.74 Å². The third kappa shape index (κ3) is 2.17. The van der Waals surface area contributed by atoms with Gasteiger partial charge in [-0.25, -0.2) is 0 Å². The van der Waals surface area contributed by atoms with Crippen LogP contribution in [0.1, 0.15) is 33.1 Å². The number of hydrogen-bond acceptors (Lipinski definition) is 2. The van der Waals surface area contributed by atoms with Crippen LogP contribution in [0, 0.1) is 5.92 Å². The summed E-state index contributed by atoms with van der Waals surface area (Å²) in [6, 6.07) is 0.